The zero-order chi connectivity index (χ0) is 24.4. The zero-order valence-corrected chi connectivity index (χ0v) is 19.5. The number of nitrogens with zero attached hydrogens (tertiary/aromatic N) is 1. The highest BCUT2D eigenvalue weighted by atomic mass is 32.1. The number of amides is 1. The van der Waals surface area contributed by atoms with Crippen molar-refractivity contribution in [2.24, 2.45) is 5.92 Å². The van der Waals surface area contributed by atoms with Crippen LogP contribution in [0.15, 0.2) is 66.7 Å². The number of aliphatic carboxylic acids is 1. The quantitative estimate of drug-likeness (QED) is 0.415. The van der Waals surface area contributed by atoms with E-state index in [1.807, 2.05) is 36.4 Å². The molecule has 0 bridgehead atoms. The molecule has 1 aliphatic heterocycles. The number of thiocarbonyl (C=S) groups is 1. The van der Waals surface area contributed by atoms with Crippen molar-refractivity contribution in [2.45, 2.75) is 26.4 Å². The number of fused-ring (bicyclic) bond motifs is 1. The third-order valence-electron chi connectivity index (χ3n) is 5.72. The summed E-state index contributed by atoms with van der Waals surface area (Å²) in [4.78, 5) is 25.9. The van der Waals surface area contributed by atoms with Crippen LogP contribution in [0.25, 0.3) is 11.1 Å². The predicted octanol–water partition coefficient (Wildman–Crippen LogP) is 5.37. The van der Waals surface area contributed by atoms with Crippen molar-refractivity contribution in [3.05, 3.63) is 83.7 Å². The standard InChI is InChI=1S/C26H24FN3O3S/c1-15(2)23(25(32)33)30-14-18-12-17(8-11-22(18)24(30)31)16-6-9-20(10-7-16)28-26(34)29-21-5-3-4-19(27)13-21/h3-13,15,23H,14H2,1-2H3,(H,32,33)(H2,28,29,34)/t23-/m0/s1. The van der Waals surface area contributed by atoms with Gasteiger partial charge < -0.3 is 20.6 Å². The monoisotopic (exact) mass is 477 g/mol. The van der Waals surface area contributed by atoms with E-state index in [-0.39, 0.29) is 24.2 Å². The van der Waals surface area contributed by atoms with Gasteiger partial charge >= 0.3 is 5.97 Å². The second-order valence-electron chi connectivity index (χ2n) is 8.50. The lowest BCUT2D eigenvalue weighted by atomic mass is 10.0. The first-order valence-corrected chi connectivity index (χ1v) is 11.2. The van der Waals surface area contributed by atoms with Gasteiger partial charge in [0.1, 0.15) is 11.9 Å². The van der Waals surface area contributed by atoms with Gasteiger partial charge in [-0.3, -0.25) is 4.79 Å². The third-order valence-corrected chi connectivity index (χ3v) is 5.92. The van der Waals surface area contributed by atoms with Gasteiger partial charge in [-0.05, 0) is 77.3 Å². The smallest absolute Gasteiger partial charge is 0.326 e. The maximum Gasteiger partial charge on any atom is 0.326 e. The number of hydrogen-bond donors (Lipinski definition) is 3. The van der Waals surface area contributed by atoms with Crippen LogP contribution in [0.5, 0.6) is 0 Å². The lowest BCUT2D eigenvalue weighted by Crippen LogP contribution is -2.44. The predicted molar refractivity (Wildman–Crippen MR) is 134 cm³/mol. The van der Waals surface area contributed by atoms with Crippen molar-refractivity contribution in [2.75, 3.05) is 10.6 Å². The molecule has 4 rings (SSSR count). The molecule has 34 heavy (non-hydrogen) atoms. The molecule has 0 radical (unpaired) electrons. The molecule has 1 atom stereocenters. The molecule has 0 saturated heterocycles. The molecule has 0 saturated carbocycles. The number of carbonyl (C=O) groups excluding carboxylic acids is 1. The molecule has 3 N–H and O–H groups in total. The van der Waals surface area contributed by atoms with Crippen LogP contribution in [0.3, 0.4) is 0 Å². The van der Waals surface area contributed by atoms with Crippen molar-refractivity contribution in [1.82, 2.24) is 4.90 Å². The van der Waals surface area contributed by atoms with Gasteiger partial charge in [0.2, 0.25) is 0 Å². The minimum absolute atomic E-state index is 0.197. The topological polar surface area (TPSA) is 81.7 Å². The lowest BCUT2D eigenvalue weighted by Gasteiger charge is -2.27. The Morgan fingerprint density at radius 3 is 2.32 bits per heavy atom. The minimum atomic E-state index is -0.996. The molecule has 0 spiro atoms. The van der Waals surface area contributed by atoms with E-state index in [9.17, 15) is 19.1 Å². The molecule has 0 fully saturated rings. The zero-order valence-electron chi connectivity index (χ0n) is 18.7. The Bertz CT molecular complexity index is 1260. The highest BCUT2D eigenvalue weighted by molar-refractivity contribution is 7.80. The molecule has 0 unspecified atom stereocenters. The molecule has 1 amide bonds. The van der Waals surface area contributed by atoms with Crippen LogP contribution >= 0.6 is 12.2 Å². The van der Waals surface area contributed by atoms with Gasteiger partial charge in [-0.1, -0.05) is 38.1 Å². The summed E-state index contributed by atoms with van der Waals surface area (Å²) in [6.45, 7) is 3.88. The largest absolute Gasteiger partial charge is 0.480 e. The van der Waals surface area contributed by atoms with Crippen molar-refractivity contribution in [3.63, 3.8) is 0 Å². The number of carboxylic acid groups (broad SMARTS) is 1. The van der Waals surface area contributed by atoms with Crippen molar-refractivity contribution in [3.8, 4) is 11.1 Å². The van der Waals surface area contributed by atoms with E-state index in [4.69, 9.17) is 12.2 Å². The van der Waals surface area contributed by atoms with E-state index in [1.54, 1.807) is 32.0 Å². The Morgan fingerprint density at radius 2 is 1.68 bits per heavy atom. The molecule has 0 aliphatic carbocycles. The summed E-state index contributed by atoms with van der Waals surface area (Å²) in [5.41, 5.74) is 4.55. The fourth-order valence-electron chi connectivity index (χ4n) is 4.13. The van der Waals surface area contributed by atoms with Crippen LogP contribution in [-0.4, -0.2) is 33.0 Å². The molecular weight excluding hydrogens is 453 g/mol. The highest BCUT2D eigenvalue weighted by Gasteiger charge is 2.38. The van der Waals surface area contributed by atoms with E-state index >= 15 is 0 Å². The average molecular weight is 478 g/mol. The Morgan fingerprint density at radius 1 is 1.00 bits per heavy atom. The van der Waals surface area contributed by atoms with E-state index < -0.39 is 12.0 Å². The van der Waals surface area contributed by atoms with Gasteiger partial charge in [-0.2, -0.15) is 0 Å². The van der Waals surface area contributed by atoms with Crippen molar-refractivity contribution < 1.29 is 19.1 Å². The van der Waals surface area contributed by atoms with E-state index in [1.165, 1.54) is 17.0 Å². The summed E-state index contributed by atoms with van der Waals surface area (Å²) in [6, 6.07) is 18.3. The first-order chi connectivity index (χ1) is 16.2. The molecule has 1 heterocycles. The second kappa shape index (κ2) is 9.61. The number of benzene rings is 3. The number of carboxylic acids is 1. The molecule has 8 heteroatoms. The van der Waals surface area contributed by atoms with Gasteiger partial charge in [0.25, 0.3) is 5.91 Å². The highest BCUT2D eigenvalue weighted by Crippen LogP contribution is 2.31. The number of anilines is 2. The number of nitrogens with one attached hydrogen (secondary N) is 2. The van der Waals surface area contributed by atoms with Gasteiger partial charge in [-0.15, -0.1) is 0 Å². The van der Waals surface area contributed by atoms with Gasteiger partial charge in [-0.25, -0.2) is 9.18 Å². The number of halogens is 1. The summed E-state index contributed by atoms with van der Waals surface area (Å²) in [5.74, 6) is -1.79. The Kier molecular flexibility index (Phi) is 6.61. The number of carbonyl (C=O) groups is 2. The van der Waals surface area contributed by atoms with Crippen LogP contribution in [-0.2, 0) is 11.3 Å². The van der Waals surface area contributed by atoms with Crippen LogP contribution in [0.1, 0.15) is 29.8 Å². The van der Waals surface area contributed by atoms with Crippen LogP contribution in [0, 0.1) is 11.7 Å². The lowest BCUT2D eigenvalue weighted by molar-refractivity contribution is -0.144. The normalized spacial score (nSPS) is 13.5. The van der Waals surface area contributed by atoms with Crippen LogP contribution in [0.4, 0.5) is 15.8 Å². The van der Waals surface area contributed by atoms with Gasteiger partial charge in [0.15, 0.2) is 5.11 Å². The fraction of sp³-hybridized carbons (Fsp3) is 0.192. The molecular formula is C26H24FN3O3S. The maximum atomic E-state index is 13.3. The fourth-order valence-corrected chi connectivity index (χ4v) is 4.37. The van der Waals surface area contributed by atoms with Crippen molar-refractivity contribution in [1.29, 1.82) is 0 Å². The van der Waals surface area contributed by atoms with Crippen LogP contribution < -0.4 is 10.6 Å². The summed E-state index contributed by atoms with van der Waals surface area (Å²) in [7, 11) is 0. The summed E-state index contributed by atoms with van der Waals surface area (Å²) >= 11 is 5.30. The molecule has 174 valence electrons. The SMILES string of the molecule is CC(C)[C@@H](C(=O)O)N1Cc2cc(-c3ccc(NC(=S)Nc4cccc(F)c4)cc3)ccc2C1=O. The number of rotatable bonds is 6. The van der Waals surface area contributed by atoms with E-state index in [0.29, 0.717) is 16.4 Å². The van der Waals surface area contributed by atoms with E-state index in [2.05, 4.69) is 10.6 Å². The van der Waals surface area contributed by atoms with Crippen LogP contribution in [0.2, 0.25) is 0 Å². The van der Waals surface area contributed by atoms with Gasteiger partial charge in [0.05, 0.1) is 0 Å². The van der Waals surface area contributed by atoms with Crippen molar-refractivity contribution >= 4 is 40.6 Å². The molecule has 3 aromatic rings. The molecule has 3 aromatic carbocycles. The molecule has 0 aromatic heterocycles. The average Bonchev–Trinajstić information content (AvgIpc) is 3.09. The Balaban J connectivity index is 1.46. The summed E-state index contributed by atoms with van der Waals surface area (Å²) in [5, 5.41) is 15.9. The summed E-state index contributed by atoms with van der Waals surface area (Å²) < 4.78 is 13.3. The Labute approximate surface area is 202 Å². The first kappa shape index (κ1) is 23.4. The second-order valence-corrected chi connectivity index (χ2v) is 8.91. The number of hydrogen-bond acceptors (Lipinski definition) is 3. The van der Waals surface area contributed by atoms with E-state index in [0.717, 1.165) is 22.4 Å². The first-order valence-electron chi connectivity index (χ1n) is 10.8. The molecule has 1 aliphatic rings. The Hall–Kier alpha value is -3.78. The van der Waals surface area contributed by atoms with Gasteiger partial charge in [0, 0.05) is 23.5 Å². The maximum absolute atomic E-state index is 13.3. The summed E-state index contributed by atoms with van der Waals surface area (Å²) in [6.07, 6.45) is 0. The minimum Gasteiger partial charge on any atom is -0.480 e. The third kappa shape index (κ3) is 4.92. The molecule has 6 nitrogen and oxygen atoms in total.